The third kappa shape index (κ3) is 4.93. The van der Waals surface area contributed by atoms with Crippen LogP contribution in [0.25, 0.3) is 0 Å². The Labute approximate surface area is 116 Å². The molecule has 0 amide bonds. The summed E-state index contributed by atoms with van der Waals surface area (Å²) in [5, 5.41) is 5.24. The second-order valence-corrected chi connectivity index (χ2v) is 7.47. The summed E-state index contributed by atoms with van der Waals surface area (Å²) in [5.41, 5.74) is 7.36. The summed E-state index contributed by atoms with van der Waals surface area (Å²) in [7, 11) is -3.66. The van der Waals surface area contributed by atoms with Crippen LogP contribution in [0, 0.1) is 0 Å². The quantitative estimate of drug-likeness (QED) is 0.810. The van der Waals surface area contributed by atoms with Crippen LogP contribution in [0.15, 0.2) is 23.1 Å². The lowest BCUT2D eigenvalue weighted by molar-refractivity contribution is 0.582. The lowest BCUT2D eigenvalue weighted by Gasteiger charge is -2.21. The number of benzene rings is 1. The molecular formula is C14H24N2O2S. The predicted octanol–water partition coefficient (Wildman–Crippen LogP) is 1.91. The van der Waals surface area contributed by atoms with Crippen molar-refractivity contribution in [2.75, 3.05) is 6.54 Å². The summed E-state index contributed by atoms with van der Waals surface area (Å²) >= 11 is 0. The summed E-state index contributed by atoms with van der Waals surface area (Å²) in [6, 6.07) is 5.40. The summed E-state index contributed by atoms with van der Waals surface area (Å²) in [6.07, 6.45) is 2.71. The average molecular weight is 284 g/mol. The number of unbranched alkanes of at least 4 members (excludes halogenated alkanes) is 1. The van der Waals surface area contributed by atoms with Crippen molar-refractivity contribution in [3.05, 3.63) is 29.3 Å². The van der Waals surface area contributed by atoms with Crippen molar-refractivity contribution in [1.29, 1.82) is 0 Å². The maximum atomic E-state index is 11.6. The zero-order valence-corrected chi connectivity index (χ0v) is 12.8. The third-order valence-electron chi connectivity index (χ3n) is 3.08. The van der Waals surface area contributed by atoms with Gasteiger partial charge in [-0.1, -0.05) is 26.8 Å². The molecule has 108 valence electrons. The summed E-state index contributed by atoms with van der Waals surface area (Å²) in [6.45, 7) is 6.82. The van der Waals surface area contributed by atoms with Gasteiger partial charge in [0.2, 0.25) is 10.0 Å². The van der Waals surface area contributed by atoms with Gasteiger partial charge in [-0.15, -0.1) is 0 Å². The van der Waals surface area contributed by atoms with Crippen molar-refractivity contribution in [3.8, 4) is 0 Å². The smallest absolute Gasteiger partial charge is 0.238 e. The molecule has 0 heterocycles. The molecule has 4 nitrogen and oxygen atoms in total. The molecule has 0 bridgehead atoms. The normalized spacial score (nSPS) is 12.7. The molecule has 4 N–H and O–H groups in total. The molecule has 1 aromatic carbocycles. The minimum atomic E-state index is -3.66. The van der Waals surface area contributed by atoms with Crippen LogP contribution >= 0.6 is 0 Å². The van der Waals surface area contributed by atoms with E-state index in [0.29, 0.717) is 6.54 Å². The van der Waals surface area contributed by atoms with E-state index in [0.717, 1.165) is 30.4 Å². The first-order valence-electron chi connectivity index (χ1n) is 6.52. The van der Waals surface area contributed by atoms with Crippen LogP contribution < -0.4 is 10.9 Å². The van der Waals surface area contributed by atoms with Gasteiger partial charge in [0.05, 0.1) is 4.90 Å². The molecule has 19 heavy (non-hydrogen) atoms. The van der Waals surface area contributed by atoms with E-state index in [9.17, 15) is 8.42 Å². The molecule has 0 aliphatic carbocycles. The van der Waals surface area contributed by atoms with E-state index in [-0.39, 0.29) is 10.3 Å². The van der Waals surface area contributed by atoms with E-state index >= 15 is 0 Å². The monoisotopic (exact) mass is 284 g/mol. The fourth-order valence-corrected chi connectivity index (χ4v) is 2.48. The number of aryl methyl sites for hydroxylation is 1. The molecule has 0 saturated carbocycles. The summed E-state index contributed by atoms with van der Waals surface area (Å²) < 4.78 is 23.1. The second-order valence-electron chi connectivity index (χ2n) is 5.91. The van der Waals surface area contributed by atoms with Crippen molar-refractivity contribution in [3.63, 3.8) is 0 Å². The first-order chi connectivity index (χ1) is 8.64. The molecule has 0 saturated heterocycles. The van der Waals surface area contributed by atoms with Crippen LogP contribution in [-0.4, -0.2) is 15.0 Å². The lowest BCUT2D eigenvalue weighted by atomic mass is 9.86. The number of sulfonamides is 1. The molecule has 1 rings (SSSR count). The average Bonchev–Trinajstić information content (AvgIpc) is 2.27. The number of primary sulfonamides is 1. The Morgan fingerprint density at radius 1 is 1.11 bits per heavy atom. The van der Waals surface area contributed by atoms with Crippen LogP contribution in [0.3, 0.4) is 0 Å². The largest absolute Gasteiger partial charge is 0.330 e. The van der Waals surface area contributed by atoms with Gasteiger partial charge in [0.25, 0.3) is 0 Å². The number of hydrogen-bond acceptors (Lipinski definition) is 3. The van der Waals surface area contributed by atoms with Crippen molar-refractivity contribution in [2.45, 2.75) is 50.3 Å². The minimum Gasteiger partial charge on any atom is -0.330 e. The fourth-order valence-electron chi connectivity index (χ4n) is 1.88. The van der Waals surface area contributed by atoms with Crippen molar-refractivity contribution in [1.82, 2.24) is 0 Å². The Kier molecular flexibility index (Phi) is 5.12. The van der Waals surface area contributed by atoms with Gasteiger partial charge in [0, 0.05) is 0 Å². The molecule has 0 fully saturated rings. The summed E-state index contributed by atoms with van der Waals surface area (Å²) in [4.78, 5) is 0.197. The molecule has 0 atom stereocenters. The zero-order valence-electron chi connectivity index (χ0n) is 11.9. The summed E-state index contributed by atoms with van der Waals surface area (Å²) in [5.74, 6) is 0. The molecular weight excluding hydrogens is 260 g/mol. The van der Waals surface area contributed by atoms with E-state index in [1.165, 1.54) is 0 Å². The van der Waals surface area contributed by atoms with E-state index in [4.69, 9.17) is 10.9 Å². The highest BCUT2D eigenvalue weighted by atomic mass is 32.2. The van der Waals surface area contributed by atoms with E-state index in [2.05, 4.69) is 26.8 Å². The third-order valence-corrected chi connectivity index (χ3v) is 3.97. The first-order valence-corrected chi connectivity index (χ1v) is 8.06. The van der Waals surface area contributed by atoms with Crippen LogP contribution in [0.5, 0.6) is 0 Å². The van der Waals surface area contributed by atoms with Gasteiger partial charge in [-0.2, -0.15) is 0 Å². The first kappa shape index (κ1) is 16.1. The maximum Gasteiger partial charge on any atom is 0.238 e. The molecule has 0 radical (unpaired) electrons. The predicted molar refractivity (Wildman–Crippen MR) is 78.5 cm³/mol. The van der Waals surface area contributed by atoms with Gasteiger partial charge in [0.1, 0.15) is 0 Å². The lowest BCUT2D eigenvalue weighted by Crippen LogP contribution is -2.17. The maximum absolute atomic E-state index is 11.6. The number of hydrogen-bond donors (Lipinski definition) is 2. The van der Waals surface area contributed by atoms with Crippen LogP contribution in [0.4, 0.5) is 0 Å². The molecule has 5 heteroatoms. The Morgan fingerprint density at radius 2 is 1.74 bits per heavy atom. The topological polar surface area (TPSA) is 86.2 Å². The number of rotatable bonds is 5. The highest BCUT2D eigenvalue weighted by Gasteiger charge is 2.18. The van der Waals surface area contributed by atoms with Gasteiger partial charge in [0.15, 0.2) is 0 Å². The van der Waals surface area contributed by atoms with E-state index in [1.54, 1.807) is 12.1 Å². The van der Waals surface area contributed by atoms with Gasteiger partial charge >= 0.3 is 0 Å². The van der Waals surface area contributed by atoms with Gasteiger partial charge in [-0.25, -0.2) is 13.6 Å². The highest BCUT2D eigenvalue weighted by molar-refractivity contribution is 7.89. The molecule has 1 aromatic rings. The highest BCUT2D eigenvalue weighted by Crippen LogP contribution is 2.26. The zero-order chi connectivity index (χ0) is 14.7. The number of nitrogens with two attached hydrogens (primary N) is 2. The Bertz CT molecular complexity index is 531. The van der Waals surface area contributed by atoms with Gasteiger partial charge < -0.3 is 5.73 Å². The minimum absolute atomic E-state index is 0.108. The van der Waals surface area contributed by atoms with Crippen LogP contribution in [0.2, 0.25) is 0 Å². The molecule has 0 aliphatic rings. The van der Waals surface area contributed by atoms with Crippen LogP contribution in [0.1, 0.15) is 44.7 Å². The van der Waals surface area contributed by atoms with Gasteiger partial charge in [-0.05, 0) is 54.5 Å². The van der Waals surface area contributed by atoms with Crippen LogP contribution in [-0.2, 0) is 21.9 Å². The second kappa shape index (κ2) is 6.03. The standard InChI is InChI=1S/C14H24N2O2S/c1-14(2,3)12-8-11(6-4-5-7-15)9-13(10-12)19(16,17)18/h8-10H,4-7,15H2,1-3H3,(H2,16,17,18). The van der Waals surface area contributed by atoms with Crippen molar-refractivity contribution < 1.29 is 8.42 Å². The van der Waals surface area contributed by atoms with Crippen molar-refractivity contribution in [2.24, 2.45) is 10.9 Å². The SMILES string of the molecule is CC(C)(C)c1cc(CCCCN)cc(S(N)(=O)=O)c1. The van der Waals surface area contributed by atoms with Crippen molar-refractivity contribution >= 4 is 10.0 Å². The molecule has 0 spiro atoms. The van der Waals surface area contributed by atoms with E-state index in [1.807, 2.05) is 0 Å². The molecule has 0 unspecified atom stereocenters. The Balaban J connectivity index is 3.18. The fraction of sp³-hybridized carbons (Fsp3) is 0.571. The molecule has 0 aromatic heterocycles. The Morgan fingerprint density at radius 3 is 2.21 bits per heavy atom. The van der Waals surface area contributed by atoms with E-state index < -0.39 is 10.0 Å². The Hall–Kier alpha value is -0.910. The van der Waals surface area contributed by atoms with Gasteiger partial charge in [-0.3, -0.25) is 0 Å². The molecule has 0 aliphatic heterocycles.